The minimum Gasteiger partial charge on any atom is -0.477 e. The Labute approximate surface area is 88.5 Å². The first kappa shape index (κ1) is 10.1. The minimum atomic E-state index is -3.66. The Hall–Kier alpha value is -1.41. The van der Waals surface area contributed by atoms with Gasteiger partial charge in [-0.05, 0) is 6.07 Å². The second-order valence-electron chi connectivity index (χ2n) is 2.92. The van der Waals surface area contributed by atoms with E-state index in [0.29, 0.717) is 11.3 Å². The predicted octanol–water partition coefficient (Wildman–Crippen LogP) is 0.172. The van der Waals surface area contributed by atoms with Crippen LogP contribution in [0, 0.1) is 0 Å². The molecule has 0 spiro atoms. The van der Waals surface area contributed by atoms with Gasteiger partial charge < -0.3 is 10.4 Å². The van der Waals surface area contributed by atoms with E-state index in [1.54, 1.807) is 0 Å². The highest BCUT2D eigenvalue weighted by atomic mass is 32.2. The molecule has 2 rings (SSSR count). The summed E-state index contributed by atoms with van der Waals surface area (Å²) in [5.74, 6) is -2.48. The van der Waals surface area contributed by atoms with Gasteiger partial charge in [0, 0.05) is 0 Å². The normalized spacial score (nSPS) is 18.0. The van der Waals surface area contributed by atoms with Crippen molar-refractivity contribution in [2.75, 3.05) is 11.1 Å². The third-order valence-electron chi connectivity index (χ3n) is 1.79. The van der Waals surface area contributed by atoms with Crippen LogP contribution in [0.1, 0.15) is 9.67 Å². The number of carbonyl (C=O) groups excluding carboxylic acids is 1. The number of hydrogen-bond acceptors (Lipinski definition) is 5. The molecule has 0 unspecified atom stereocenters. The average molecular weight is 247 g/mol. The van der Waals surface area contributed by atoms with E-state index < -0.39 is 27.5 Å². The summed E-state index contributed by atoms with van der Waals surface area (Å²) in [6.45, 7) is 0. The third-order valence-corrected chi connectivity index (χ3v) is 5.14. The van der Waals surface area contributed by atoms with Crippen molar-refractivity contribution >= 4 is 38.7 Å². The third kappa shape index (κ3) is 1.61. The van der Waals surface area contributed by atoms with Crippen LogP contribution in [0.2, 0.25) is 0 Å². The molecule has 1 amide bonds. The highest BCUT2D eigenvalue weighted by Crippen LogP contribution is 2.35. The molecular weight excluding hydrogens is 242 g/mol. The van der Waals surface area contributed by atoms with Crippen molar-refractivity contribution in [2.24, 2.45) is 0 Å². The van der Waals surface area contributed by atoms with Gasteiger partial charge in [0.25, 0.3) is 0 Å². The van der Waals surface area contributed by atoms with E-state index in [-0.39, 0.29) is 14.8 Å². The van der Waals surface area contributed by atoms with Gasteiger partial charge in [-0.25, -0.2) is 13.2 Å². The first-order valence-electron chi connectivity index (χ1n) is 3.80. The Morgan fingerprint density at radius 2 is 2.20 bits per heavy atom. The first-order chi connectivity index (χ1) is 6.90. The van der Waals surface area contributed by atoms with Gasteiger partial charge >= 0.3 is 5.97 Å². The number of nitrogens with one attached hydrogen (secondary N) is 1. The van der Waals surface area contributed by atoms with E-state index in [9.17, 15) is 18.0 Å². The van der Waals surface area contributed by atoms with Gasteiger partial charge in [0.2, 0.25) is 5.91 Å². The molecule has 0 aromatic carbocycles. The predicted molar refractivity (Wildman–Crippen MR) is 52.0 cm³/mol. The van der Waals surface area contributed by atoms with E-state index >= 15 is 0 Å². The molecule has 15 heavy (non-hydrogen) atoms. The zero-order chi connectivity index (χ0) is 11.2. The van der Waals surface area contributed by atoms with E-state index in [2.05, 4.69) is 5.32 Å². The number of thiophene rings is 1. The van der Waals surface area contributed by atoms with Crippen LogP contribution in [0.15, 0.2) is 10.3 Å². The molecule has 1 aliphatic rings. The zero-order valence-corrected chi connectivity index (χ0v) is 8.81. The molecule has 0 bridgehead atoms. The smallest absolute Gasteiger partial charge is 0.345 e. The number of hydrogen-bond donors (Lipinski definition) is 2. The van der Waals surface area contributed by atoms with Gasteiger partial charge in [0.15, 0.2) is 9.84 Å². The number of amides is 1. The fourth-order valence-electron chi connectivity index (χ4n) is 1.22. The van der Waals surface area contributed by atoms with Crippen LogP contribution in [0.5, 0.6) is 0 Å². The molecule has 0 aliphatic carbocycles. The number of fused-ring (bicyclic) bond motifs is 1. The summed E-state index contributed by atoms with van der Waals surface area (Å²) in [5, 5.41) is 11.0. The SMILES string of the molecule is O=C1CS(=O)(=O)c2sc(C(=O)O)cc2N1. The van der Waals surface area contributed by atoms with Gasteiger partial charge in [-0.15, -0.1) is 11.3 Å². The minimum absolute atomic E-state index is 0.0636. The maximum atomic E-state index is 11.5. The van der Waals surface area contributed by atoms with Crippen LogP contribution >= 0.6 is 11.3 Å². The molecule has 2 N–H and O–H groups in total. The number of rotatable bonds is 1. The summed E-state index contributed by atoms with van der Waals surface area (Å²) in [5.41, 5.74) is 0.0636. The Bertz CT molecular complexity index is 556. The second-order valence-corrected chi connectivity index (χ2v) is 6.16. The summed E-state index contributed by atoms with van der Waals surface area (Å²) >= 11 is 0.650. The molecular formula is C7H5NO5S2. The van der Waals surface area contributed by atoms with E-state index in [1.807, 2.05) is 0 Å². The number of sulfone groups is 1. The van der Waals surface area contributed by atoms with Crippen molar-refractivity contribution in [3.05, 3.63) is 10.9 Å². The molecule has 1 aromatic heterocycles. The standard InChI is InChI=1S/C7H5NO5S2/c9-5-2-15(12,13)7-3(8-5)1-4(14-7)6(10)11/h1H,2H2,(H,8,9)(H,10,11). The average Bonchev–Trinajstić information content (AvgIpc) is 2.46. The summed E-state index contributed by atoms with van der Waals surface area (Å²) in [7, 11) is -3.66. The molecule has 1 aromatic rings. The highest BCUT2D eigenvalue weighted by Gasteiger charge is 2.32. The summed E-state index contributed by atoms with van der Waals surface area (Å²) < 4.78 is 22.9. The summed E-state index contributed by atoms with van der Waals surface area (Å²) in [4.78, 5) is 21.5. The number of aromatic carboxylic acids is 1. The fraction of sp³-hybridized carbons (Fsp3) is 0.143. The van der Waals surface area contributed by atoms with Crippen molar-refractivity contribution in [1.29, 1.82) is 0 Å². The molecule has 2 heterocycles. The highest BCUT2D eigenvalue weighted by molar-refractivity contribution is 7.94. The molecule has 1 aliphatic heterocycles. The van der Waals surface area contributed by atoms with Crippen LogP contribution in [0.25, 0.3) is 0 Å². The number of carboxylic acids is 1. The molecule has 0 radical (unpaired) electrons. The molecule has 0 fully saturated rings. The van der Waals surface area contributed by atoms with Crippen molar-refractivity contribution in [2.45, 2.75) is 4.21 Å². The molecule has 0 saturated carbocycles. The summed E-state index contributed by atoms with van der Waals surface area (Å²) in [6.07, 6.45) is 0. The van der Waals surface area contributed by atoms with E-state index in [0.717, 1.165) is 6.07 Å². The Balaban J connectivity index is 2.64. The van der Waals surface area contributed by atoms with Crippen LogP contribution in [-0.4, -0.2) is 31.2 Å². The number of carbonyl (C=O) groups is 2. The molecule has 0 atom stereocenters. The maximum Gasteiger partial charge on any atom is 0.345 e. The number of carboxylic acid groups (broad SMARTS) is 1. The lowest BCUT2D eigenvalue weighted by atomic mass is 10.4. The van der Waals surface area contributed by atoms with E-state index in [4.69, 9.17) is 5.11 Å². The molecule has 8 heteroatoms. The van der Waals surface area contributed by atoms with Crippen LogP contribution in [0.3, 0.4) is 0 Å². The lowest BCUT2D eigenvalue weighted by Gasteiger charge is -2.11. The Morgan fingerprint density at radius 3 is 2.80 bits per heavy atom. The molecule has 0 saturated heterocycles. The Kier molecular flexibility index (Phi) is 2.05. The van der Waals surface area contributed by atoms with Gasteiger partial charge in [-0.3, -0.25) is 4.79 Å². The molecule has 6 nitrogen and oxygen atoms in total. The monoisotopic (exact) mass is 247 g/mol. The van der Waals surface area contributed by atoms with Gasteiger partial charge in [-0.1, -0.05) is 0 Å². The van der Waals surface area contributed by atoms with Crippen molar-refractivity contribution in [3.8, 4) is 0 Å². The van der Waals surface area contributed by atoms with Crippen molar-refractivity contribution in [3.63, 3.8) is 0 Å². The fourth-order valence-corrected chi connectivity index (χ4v) is 3.85. The van der Waals surface area contributed by atoms with E-state index in [1.165, 1.54) is 0 Å². The quantitative estimate of drug-likeness (QED) is 0.736. The molecule has 80 valence electrons. The zero-order valence-electron chi connectivity index (χ0n) is 7.18. The number of anilines is 1. The van der Waals surface area contributed by atoms with Gasteiger partial charge in [0.05, 0.1) is 5.69 Å². The maximum absolute atomic E-state index is 11.5. The van der Waals surface area contributed by atoms with Crippen LogP contribution < -0.4 is 5.32 Å². The first-order valence-corrected chi connectivity index (χ1v) is 6.27. The lowest BCUT2D eigenvalue weighted by molar-refractivity contribution is -0.114. The van der Waals surface area contributed by atoms with Crippen LogP contribution in [-0.2, 0) is 14.6 Å². The van der Waals surface area contributed by atoms with Gasteiger partial charge in [-0.2, -0.15) is 0 Å². The van der Waals surface area contributed by atoms with Crippen molar-refractivity contribution < 1.29 is 23.1 Å². The largest absolute Gasteiger partial charge is 0.477 e. The topological polar surface area (TPSA) is 101 Å². The lowest BCUT2D eigenvalue weighted by Crippen LogP contribution is -2.27. The van der Waals surface area contributed by atoms with Crippen molar-refractivity contribution in [1.82, 2.24) is 0 Å². The van der Waals surface area contributed by atoms with Crippen LogP contribution in [0.4, 0.5) is 5.69 Å². The summed E-state index contributed by atoms with van der Waals surface area (Å²) in [6, 6.07) is 1.15. The Morgan fingerprint density at radius 1 is 1.53 bits per heavy atom. The second kappa shape index (κ2) is 3.04. The van der Waals surface area contributed by atoms with Gasteiger partial charge in [0.1, 0.15) is 14.8 Å².